The normalized spacial score (nSPS) is 24.4. The molecule has 0 heterocycles. The van der Waals surface area contributed by atoms with E-state index in [2.05, 4.69) is 0 Å². The lowest BCUT2D eigenvalue weighted by Gasteiger charge is -2.19. The van der Waals surface area contributed by atoms with Crippen molar-refractivity contribution in [2.45, 2.75) is 12.0 Å². The van der Waals surface area contributed by atoms with Gasteiger partial charge >= 0.3 is 17.5 Å². The molecule has 7 heteroatoms. The Morgan fingerprint density at radius 2 is 2.07 bits per heavy atom. The van der Waals surface area contributed by atoms with Gasteiger partial charge < -0.3 is 10.2 Å². The van der Waals surface area contributed by atoms with Gasteiger partial charge in [0.15, 0.2) is 0 Å². The molecular formula is C8H7NO6. The van der Waals surface area contributed by atoms with Crippen LogP contribution in [0.4, 0.5) is 0 Å². The van der Waals surface area contributed by atoms with Crippen LogP contribution in [0.5, 0.6) is 0 Å². The van der Waals surface area contributed by atoms with Crippen molar-refractivity contribution in [2.24, 2.45) is 0 Å². The Morgan fingerprint density at radius 1 is 1.47 bits per heavy atom. The molecule has 15 heavy (non-hydrogen) atoms. The van der Waals surface area contributed by atoms with Gasteiger partial charge in [0.25, 0.3) is 0 Å². The predicted octanol–water partition coefficient (Wildman–Crippen LogP) is 0.0574. The third-order valence-electron chi connectivity index (χ3n) is 2.10. The summed E-state index contributed by atoms with van der Waals surface area (Å²) >= 11 is 0. The third-order valence-corrected chi connectivity index (χ3v) is 2.10. The maximum atomic E-state index is 10.8. The Hall–Kier alpha value is -2.18. The van der Waals surface area contributed by atoms with Gasteiger partial charge in [-0.3, -0.25) is 10.1 Å². The number of aliphatic carboxylic acids is 2. The zero-order valence-corrected chi connectivity index (χ0v) is 7.41. The Kier molecular flexibility index (Phi) is 2.56. The maximum absolute atomic E-state index is 10.8. The monoisotopic (exact) mass is 213 g/mol. The molecule has 7 nitrogen and oxygen atoms in total. The molecule has 80 valence electrons. The van der Waals surface area contributed by atoms with E-state index in [0.717, 1.165) is 18.2 Å². The molecule has 1 aliphatic carbocycles. The van der Waals surface area contributed by atoms with Gasteiger partial charge in [0.05, 0.1) is 6.42 Å². The Balaban J connectivity index is 3.14. The van der Waals surface area contributed by atoms with Crippen LogP contribution >= 0.6 is 0 Å². The van der Waals surface area contributed by atoms with Crippen molar-refractivity contribution >= 4 is 11.9 Å². The molecule has 0 aromatic rings. The third kappa shape index (κ3) is 1.71. The molecule has 0 saturated heterocycles. The molecule has 1 atom stereocenters. The predicted molar refractivity (Wildman–Crippen MR) is 46.8 cm³/mol. The van der Waals surface area contributed by atoms with Gasteiger partial charge in [-0.05, 0) is 0 Å². The molecule has 0 fully saturated rings. The van der Waals surface area contributed by atoms with Crippen LogP contribution in [0.15, 0.2) is 23.8 Å². The van der Waals surface area contributed by atoms with Crippen LogP contribution in [0, 0.1) is 10.1 Å². The van der Waals surface area contributed by atoms with Gasteiger partial charge in [-0.2, -0.15) is 0 Å². The minimum atomic E-state index is -2.36. The van der Waals surface area contributed by atoms with E-state index in [1.807, 2.05) is 0 Å². The van der Waals surface area contributed by atoms with Crippen molar-refractivity contribution in [1.82, 2.24) is 0 Å². The number of rotatable bonds is 3. The van der Waals surface area contributed by atoms with E-state index in [4.69, 9.17) is 10.2 Å². The molecule has 0 aromatic carbocycles. The van der Waals surface area contributed by atoms with E-state index in [-0.39, 0.29) is 5.57 Å². The second-order valence-electron chi connectivity index (χ2n) is 3.02. The molecule has 0 spiro atoms. The van der Waals surface area contributed by atoms with Crippen LogP contribution < -0.4 is 0 Å². The molecule has 0 saturated carbocycles. The van der Waals surface area contributed by atoms with Crippen molar-refractivity contribution in [2.75, 3.05) is 0 Å². The molecular weight excluding hydrogens is 206 g/mol. The number of carboxylic acid groups (broad SMARTS) is 2. The summed E-state index contributed by atoms with van der Waals surface area (Å²) in [4.78, 5) is 31.0. The molecule has 0 bridgehead atoms. The van der Waals surface area contributed by atoms with Crippen LogP contribution in [-0.4, -0.2) is 32.6 Å². The smallest absolute Gasteiger partial charge is 0.387 e. The lowest BCUT2D eigenvalue weighted by Crippen LogP contribution is -2.46. The topological polar surface area (TPSA) is 118 Å². The molecule has 1 rings (SSSR count). The van der Waals surface area contributed by atoms with E-state index < -0.39 is 28.8 Å². The van der Waals surface area contributed by atoms with Gasteiger partial charge in [0, 0.05) is 16.6 Å². The molecule has 2 N–H and O–H groups in total. The first kappa shape index (κ1) is 10.9. The summed E-state index contributed by atoms with van der Waals surface area (Å²) in [6.07, 6.45) is 2.44. The molecule has 0 amide bonds. The summed E-state index contributed by atoms with van der Waals surface area (Å²) in [6, 6.07) is 0. The SMILES string of the molecule is O=C(O)C1=CC=CC(C(=O)O)([N+](=O)[O-])C1. The fraction of sp³-hybridized carbons (Fsp3) is 0.250. The van der Waals surface area contributed by atoms with Gasteiger partial charge in [-0.1, -0.05) is 12.2 Å². The summed E-state index contributed by atoms with van der Waals surface area (Å²) in [5.74, 6) is -3.03. The van der Waals surface area contributed by atoms with Crippen LogP contribution in [0.3, 0.4) is 0 Å². The summed E-state index contributed by atoms with van der Waals surface area (Å²) < 4.78 is 0. The molecule has 0 aliphatic heterocycles. The van der Waals surface area contributed by atoms with Gasteiger partial charge in [-0.25, -0.2) is 9.59 Å². The van der Waals surface area contributed by atoms with Gasteiger partial charge in [-0.15, -0.1) is 0 Å². The quantitative estimate of drug-likeness (QED) is 0.505. The minimum Gasteiger partial charge on any atom is -0.478 e. The van der Waals surface area contributed by atoms with Crippen molar-refractivity contribution in [3.8, 4) is 0 Å². The number of nitro groups is 1. The molecule has 1 aliphatic rings. The highest BCUT2D eigenvalue weighted by atomic mass is 16.6. The van der Waals surface area contributed by atoms with E-state index in [0.29, 0.717) is 0 Å². The Labute approximate surface area is 83.5 Å². The lowest BCUT2D eigenvalue weighted by molar-refractivity contribution is -0.540. The zero-order valence-electron chi connectivity index (χ0n) is 7.41. The molecule has 0 aromatic heterocycles. The number of carboxylic acids is 2. The van der Waals surface area contributed by atoms with Crippen LogP contribution in [0.1, 0.15) is 6.42 Å². The first-order chi connectivity index (χ1) is 6.90. The van der Waals surface area contributed by atoms with E-state index in [9.17, 15) is 19.7 Å². The maximum Gasteiger partial charge on any atom is 0.387 e. The van der Waals surface area contributed by atoms with E-state index in [1.165, 1.54) is 0 Å². The largest absolute Gasteiger partial charge is 0.478 e. The van der Waals surface area contributed by atoms with Crippen LogP contribution in [0.25, 0.3) is 0 Å². The van der Waals surface area contributed by atoms with Gasteiger partial charge in [0.1, 0.15) is 0 Å². The van der Waals surface area contributed by atoms with E-state index >= 15 is 0 Å². The summed E-state index contributed by atoms with van der Waals surface area (Å²) in [5.41, 5.74) is -2.65. The number of nitrogens with zero attached hydrogens (tertiary/aromatic N) is 1. The highest BCUT2D eigenvalue weighted by Crippen LogP contribution is 2.26. The molecule has 0 radical (unpaired) electrons. The Bertz CT molecular complexity index is 380. The summed E-state index contributed by atoms with van der Waals surface area (Å²) in [5, 5.41) is 28.0. The second kappa shape index (κ2) is 3.52. The summed E-state index contributed by atoms with van der Waals surface area (Å²) in [7, 11) is 0. The van der Waals surface area contributed by atoms with Gasteiger partial charge in [0.2, 0.25) is 0 Å². The van der Waals surface area contributed by atoms with Crippen molar-refractivity contribution in [3.63, 3.8) is 0 Å². The average Bonchev–Trinajstić information content (AvgIpc) is 2.17. The minimum absolute atomic E-state index is 0.295. The van der Waals surface area contributed by atoms with Crippen LogP contribution in [-0.2, 0) is 9.59 Å². The Morgan fingerprint density at radius 3 is 2.47 bits per heavy atom. The van der Waals surface area contributed by atoms with Crippen molar-refractivity contribution in [1.29, 1.82) is 0 Å². The number of hydrogen-bond acceptors (Lipinski definition) is 4. The molecule has 1 unspecified atom stereocenters. The average molecular weight is 213 g/mol. The first-order valence-corrected chi connectivity index (χ1v) is 3.90. The summed E-state index contributed by atoms with van der Waals surface area (Å²) in [6.45, 7) is 0. The second-order valence-corrected chi connectivity index (χ2v) is 3.02. The van der Waals surface area contributed by atoms with Crippen molar-refractivity contribution < 1.29 is 24.7 Å². The number of hydrogen-bond donors (Lipinski definition) is 2. The van der Waals surface area contributed by atoms with E-state index in [1.54, 1.807) is 0 Å². The van der Waals surface area contributed by atoms with Crippen LogP contribution in [0.2, 0.25) is 0 Å². The highest BCUT2D eigenvalue weighted by molar-refractivity contribution is 5.91. The van der Waals surface area contributed by atoms with Crippen molar-refractivity contribution in [3.05, 3.63) is 33.9 Å². The fourth-order valence-electron chi connectivity index (χ4n) is 1.23. The number of allylic oxidation sites excluding steroid dienone is 2. The fourth-order valence-corrected chi connectivity index (χ4v) is 1.23. The standard InChI is InChI=1S/C8H7NO6/c10-6(11)5-2-1-3-8(4-5,7(12)13)9(14)15/h1-3H,4H2,(H,10,11)(H,12,13). The first-order valence-electron chi connectivity index (χ1n) is 3.90. The highest BCUT2D eigenvalue weighted by Gasteiger charge is 2.51. The number of carbonyl (C=O) groups is 2. The lowest BCUT2D eigenvalue weighted by atomic mass is 9.87. The zero-order chi connectivity index (χ0) is 11.6.